The maximum absolute atomic E-state index is 10.1. The van der Waals surface area contributed by atoms with Gasteiger partial charge in [0.15, 0.2) is 5.13 Å². The monoisotopic (exact) mass is 295 g/mol. The third-order valence-electron chi connectivity index (χ3n) is 4.68. The predicted molar refractivity (Wildman–Crippen MR) is 83.6 cm³/mol. The third-order valence-corrected chi connectivity index (χ3v) is 5.87. The van der Waals surface area contributed by atoms with Crippen LogP contribution in [0.5, 0.6) is 0 Å². The molecular formula is C15H25N3OS. The maximum Gasteiger partial charge on any atom is 0.185 e. The Morgan fingerprint density at radius 3 is 2.85 bits per heavy atom. The second-order valence-electron chi connectivity index (χ2n) is 5.82. The molecule has 1 aromatic heterocycles. The molecule has 1 N–H and O–H groups in total. The van der Waals surface area contributed by atoms with Gasteiger partial charge in [0, 0.05) is 24.0 Å². The Morgan fingerprint density at radius 2 is 2.15 bits per heavy atom. The number of fused-ring (bicyclic) bond motifs is 1. The van der Waals surface area contributed by atoms with Gasteiger partial charge in [-0.05, 0) is 38.8 Å². The molecule has 1 saturated heterocycles. The van der Waals surface area contributed by atoms with Gasteiger partial charge in [0.1, 0.15) is 0 Å². The highest BCUT2D eigenvalue weighted by atomic mass is 32.1. The molecule has 2 unspecified atom stereocenters. The molecule has 1 aromatic rings. The van der Waals surface area contributed by atoms with Crippen LogP contribution >= 0.6 is 11.3 Å². The molecule has 20 heavy (non-hydrogen) atoms. The Kier molecular flexibility index (Phi) is 4.29. The van der Waals surface area contributed by atoms with Crippen molar-refractivity contribution in [3.8, 4) is 0 Å². The van der Waals surface area contributed by atoms with Crippen molar-refractivity contribution >= 4 is 16.5 Å². The second kappa shape index (κ2) is 6.00. The fourth-order valence-corrected chi connectivity index (χ4v) is 4.66. The molecule has 0 bridgehead atoms. The first-order valence-corrected chi connectivity index (χ1v) is 8.71. The largest absolute Gasteiger partial charge is 0.387 e. The average molecular weight is 295 g/mol. The van der Waals surface area contributed by atoms with Crippen LogP contribution in [0.2, 0.25) is 0 Å². The summed E-state index contributed by atoms with van der Waals surface area (Å²) in [7, 11) is 0. The number of hydrogen-bond acceptors (Lipinski definition) is 5. The number of aryl methyl sites for hydroxylation is 1. The zero-order valence-corrected chi connectivity index (χ0v) is 13.3. The highest BCUT2D eigenvalue weighted by Crippen LogP contribution is 2.37. The smallest absolute Gasteiger partial charge is 0.185 e. The summed E-state index contributed by atoms with van der Waals surface area (Å²) < 4.78 is 0. The van der Waals surface area contributed by atoms with E-state index in [4.69, 9.17) is 4.98 Å². The number of anilines is 1. The number of aliphatic hydroxyl groups is 1. The van der Waals surface area contributed by atoms with Crippen molar-refractivity contribution in [1.82, 2.24) is 9.88 Å². The van der Waals surface area contributed by atoms with Crippen LogP contribution in [0.15, 0.2) is 0 Å². The molecule has 1 aliphatic heterocycles. The Morgan fingerprint density at radius 1 is 1.35 bits per heavy atom. The van der Waals surface area contributed by atoms with Crippen LogP contribution < -0.4 is 4.90 Å². The fraction of sp³-hybridized carbons (Fsp3) is 0.800. The molecule has 0 aromatic carbocycles. The zero-order chi connectivity index (χ0) is 14.1. The zero-order valence-electron chi connectivity index (χ0n) is 12.5. The average Bonchev–Trinajstić information content (AvgIpc) is 3.07. The summed E-state index contributed by atoms with van der Waals surface area (Å²) >= 11 is 1.80. The van der Waals surface area contributed by atoms with E-state index in [1.54, 1.807) is 11.3 Å². The first kappa shape index (κ1) is 14.3. The molecule has 1 fully saturated rings. The number of likely N-dealkylation sites (N-methyl/N-ethyl adjacent to an activating group) is 1. The van der Waals surface area contributed by atoms with Crippen LogP contribution in [0.1, 0.15) is 49.8 Å². The number of aromatic nitrogens is 1. The molecule has 3 rings (SSSR count). The maximum atomic E-state index is 10.1. The minimum absolute atomic E-state index is 0.329. The lowest BCUT2D eigenvalue weighted by molar-refractivity contribution is 0.153. The Labute approximate surface area is 125 Å². The van der Waals surface area contributed by atoms with Crippen molar-refractivity contribution in [3.63, 3.8) is 0 Å². The van der Waals surface area contributed by atoms with E-state index in [1.165, 1.54) is 11.3 Å². The van der Waals surface area contributed by atoms with Crippen LogP contribution in [0.4, 0.5) is 5.13 Å². The lowest BCUT2D eigenvalue weighted by atomic mass is 10.0. The van der Waals surface area contributed by atoms with E-state index in [-0.39, 0.29) is 6.10 Å². The van der Waals surface area contributed by atoms with Gasteiger partial charge in [-0.3, -0.25) is 4.90 Å². The molecule has 1 aliphatic carbocycles. The summed E-state index contributed by atoms with van der Waals surface area (Å²) in [5.74, 6) is 0. The van der Waals surface area contributed by atoms with Crippen molar-refractivity contribution in [3.05, 3.63) is 10.6 Å². The first-order chi connectivity index (χ1) is 9.72. The highest BCUT2D eigenvalue weighted by molar-refractivity contribution is 7.15. The predicted octanol–water partition coefficient (Wildman–Crippen LogP) is 2.43. The van der Waals surface area contributed by atoms with Gasteiger partial charge in [0.05, 0.1) is 11.8 Å². The lowest BCUT2D eigenvalue weighted by Gasteiger charge is -2.25. The van der Waals surface area contributed by atoms with E-state index in [2.05, 4.69) is 23.6 Å². The fourth-order valence-electron chi connectivity index (χ4n) is 3.47. The SMILES string of the molecule is CCN(CC)C1CCN(c2nc3c(s2)CCCC3O)C1. The van der Waals surface area contributed by atoms with Crippen molar-refractivity contribution in [2.45, 2.75) is 51.7 Å². The summed E-state index contributed by atoms with van der Waals surface area (Å²) in [6, 6.07) is 0.663. The molecule has 2 atom stereocenters. The number of thiazole rings is 1. The summed E-state index contributed by atoms with van der Waals surface area (Å²) in [4.78, 5) is 11.0. The van der Waals surface area contributed by atoms with E-state index >= 15 is 0 Å². The van der Waals surface area contributed by atoms with Crippen LogP contribution in [0.25, 0.3) is 0 Å². The number of rotatable bonds is 4. The summed E-state index contributed by atoms with van der Waals surface area (Å²) in [5.41, 5.74) is 0.961. The number of hydrogen-bond donors (Lipinski definition) is 1. The Bertz CT molecular complexity index is 458. The van der Waals surface area contributed by atoms with Gasteiger partial charge in [0.2, 0.25) is 0 Å². The number of nitrogens with zero attached hydrogens (tertiary/aromatic N) is 3. The van der Waals surface area contributed by atoms with Crippen molar-refractivity contribution in [2.75, 3.05) is 31.1 Å². The van der Waals surface area contributed by atoms with Crippen molar-refractivity contribution in [1.29, 1.82) is 0 Å². The van der Waals surface area contributed by atoms with Crippen molar-refractivity contribution < 1.29 is 5.11 Å². The standard InChI is InChI=1S/C15H25N3OS/c1-3-17(4-2)11-8-9-18(10-11)15-16-14-12(19)6-5-7-13(14)20-15/h11-12,19H,3-10H2,1-2H3. The molecule has 0 radical (unpaired) electrons. The van der Waals surface area contributed by atoms with E-state index in [0.29, 0.717) is 6.04 Å². The van der Waals surface area contributed by atoms with E-state index < -0.39 is 0 Å². The minimum Gasteiger partial charge on any atom is -0.387 e. The topological polar surface area (TPSA) is 39.6 Å². The molecule has 2 aliphatic rings. The Hall–Kier alpha value is -0.650. The molecule has 0 amide bonds. The summed E-state index contributed by atoms with van der Waals surface area (Å²) in [5, 5.41) is 11.2. The molecule has 4 nitrogen and oxygen atoms in total. The van der Waals surface area contributed by atoms with Crippen molar-refractivity contribution in [2.24, 2.45) is 0 Å². The van der Waals surface area contributed by atoms with Gasteiger partial charge in [-0.1, -0.05) is 13.8 Å². The summed E-state index contributed by atoms with van der Waals surface area (Å²) in [6.45, 7) is 8.92. The van der Waals surface area contributed by atoms with Gasteiger partial charge in [-0.2, -0.15) is 0 Å². The molecular weight excluding hydrogens is 270 g/mol. The highest BCUT2D eigenvalue weighted by Gasteiger charge is 2.30. The second-order valence-corrected chi connectivity index (χ2v) is 6.88. The molecule has 2 heterocycles. The van der Waals surface area contributed by atoms with E-state index in [1.807, 2.05) is 0 Å². The first-order valence-electron chi connectivity index (χ1n) is 7.89. The molecule has 5 heteroatoms. The summed E-state index contributed by atoms with van der Waals surface area (Å²) in [6.07, 6.45) is 3.96. The quantitative estimate of drug-likeness (QED) is 0.926. The number of aliphatic hydroxyl groups excluding tert-OH is 1. The van der Waals surface area contributed by atoms with Crippen LogP contribution in [0, 0.1) is 0 Å². The molecule has 0 spiro atoms. The molecule has 112 valence electrons. The van der Waals surface area contributed by atoms with Gasteiger partial charge in [-0.15, -0.1) is 11.3 Å². The Balaban J connectivity index is 1.72. The molecule has 0 saturated carbocycles. The van der Waals surface area contributed by atoms with Gasteiger partial charge < -0.3 is 10.0 Å². The minimum atomic E-state index is -0.329. The van der Waals surface area contributed by atoms with Crippen LogP contribution in [-0.4, -0.2) is 47.2 Å². The van der Waals surface area contributed by atoms with Gasteiger partial charge in [-0.25, -0.2) is 4.98 Å². The van der Waals surface area contributed by atoms with E-state index in [9.17, 15) is 5.11 Å². The van der Waals surface area contributed by atoms with Gasteiger partial charge in [0.25, 0.3) is 0 Å². The van der Waals surface area contributed by atoms with Gasteiger partial charge >= 0.3 is 0 Å². The van der Waals surface area contributed by atoms with Crippen LogP contribution in [-0.2, 0) is 6.42 Å². The lowest BCUT2D eigenvalue weighted by Crippen LogP contribution is -2.37. The van der Waals surface area contributed by atoms with E-state index in [0.717, 1.165) is 56.3 Å². The normalized spacial score (nSPS) is 26.3. The van der Waals surface area contributed by atoms with Crippen LogP contribution in [0.3, 0.4) is 0 Å². The third kappa shape index (κ3) is 2.59.